The third-order valence-electron chi connectivity index (χ3n) is 17.2. The first-order chi connectivity index (χ1) is 37.7. The summed E-state index contributed by atoms with van der Waals surface area (Å²) in [6, 6.07) is 99.0. The molecule has 11 aromatic carbocycles. The fraction of sp³-hybridized carbons (Fsp3) is 0.0548. The average molecular weight is 966 g/mol. The van der Waals surface area contributed by atoms with Crippen LogP contribution >= 0.6 is 0 Å². The lowest BCUT2D eigenvalue weighted by Crippen LogP contribution is -2.26. The second-order valence-electron chi connectivity index (χ2n) is 20.9. The molecule has 0 aliphatic heterocycles. The van der Waals surface area contributed by atoms with E-state index in [1.165, 1.54) is 106 Å². The van der Waals surface area contributed by atoms with Gasteiger partial charge < -0.3 is 0 Å². The summed E-state index contributed by atoms with van der Waals surface area (Å²) in [5.74, 6) is 1.95. The smallest absolute Gasteiger partial charge is 0.164 e. The molecular formula is C73H47N3. The molecule has 76 heavy (non-hydrogen) atoms. The predicted octanol–water partition coefficient (Wildman–Crippen LogP) is 16.9. The number of nitrogens with zero attached hydrogens (tertiary/aromatic N) is 3. The van der Waals surface area contributed by atoms with E-state index in [0.29, 0.717) is 17.5 Å². The van der Waals surface area contributed by atoms with Crippen LogP contribution in [0.1, 0.15) is 67.1 Å². The standard InChI is InChI=1S/C73H47N3/c1-3-19-47(20-4-1)69-74-70(48-21-5-2-6-22-48)76-71(75-69)49-37-35-46(36-38-49)43-60(50-39-41-58-56-27-11-17-33-65(56)72(67(58)44-50)61-29-13-7-23-52(61)53-24-8-14-30-62(53)72)51-40-42-59-57-28-12-18-34-66(57)73(68(59)45-51)63-31-15-9-25-54(63)55-26-10-16-32-64(55)73/h1-42,44-45,60H,43H2. The number of hydrogen-bond donors (Lipinski definition) is 0. The highest BCUT2D eigenvalue weighted by molar-refractivity contribution is 5.97. The summed E-state index contributed by atoms with van der Waals surface area (Å²) in [4.78, 5) is 15.2. The molecule has 0 radical (unpaired) electrons. The van der Waals surface area contributed by atoms with Gasteiger partial charge in [-0.15, -0.1) is 0 Å². The molecule has 3 nitrogen and oxygen atoms in total. The predicted molar refractivity (Wildman–Crippen MR) is 307 cm³/mol. The van der Waals surface area contributed by atoms with Gasteiger partial charge in [0.2, 0.25) is 0 Å². The normalized spacial score (nSPS) is 13.9. The highest BCUT2D eigenvalue weighted by Gasteiger charge is 2.53. The minimum absolute atomic E-state index is 0.00621. The van der Waals surface area contributed by atoms with Crippen LogP contribution in [0.5, 0.6) is 0 Å². The van der Waals surface area contributed by atoms with Crippen LogP contribution < -0.4 is 0 Å². The van der Waals surface area contributed by atoms with Crippen molar-refractivity contribution in [1.29, 1.82) is 0 Å². The third kappa shape index (κ3) is 5.97. The molecule has 16 rings (SSSR count). The van der Waals surface area contributed by atoms with E-state index in [1.54, 1.807) is 0 Å². The van der Waals surface area contributed by atoms with Gasteiger partial charge in [0.05, 0.1) is 10.8 Å². The molecule has 2 spiro atoms. The number of aromatic nitrogens is 3. The number of hydrogen-bond acceptors (Lipinski definition) is 3. The van der Waals surface area contributed by atoms with Gasteiger partial charge in [-0.25, -0.2) is 15.0 Å². The van der Waals surface area contributed by atoms with Crippen molar-refractivity contribution < 1.29 is 0 Å². The van der Waals surface area contributed by atoms with Gasteiger partial charge in [0, 0.05) is 22.6 Å². The van der Waals surface area contributed by atoms with Crippen molar-refractivity contribution in [3.8, 4) is 78.7 Å². The van der Waals surface area contributed by atoms with Crippen molar-refractivity contribution in [2.24, 2.45) is 0 Å². The summed E-state index contributed by atoms with van der Waals surface area (Å²) in [6.07, 6.45) is 0.778. The minimum atomic E-state index is -0.454. The zero-order valence-electron chi connectivity index (χ0n) is 41.5. The van der Waals surface area contributed by atoms with Crippen LogP contribution in [0.15, 0.2) is 267 Å². The molecule has 0 N–H and O–H groups in total. The monoisotopic (exact) mass is 965 g/mol. The Kier molecular flexibility index (Phi) is 9.29. The number of fused-ring (bicyclic) bond motifs is 20. The third-order valence-corrected chi connectivity index (χ3v) is 17.2. The average Bonchev–Trinajstić information content (AvgIpc) is 4.23. The molecular weight excluding hydrogens is 919 g/mol. The summed E-state index contributed by atoms with van der Waals surface area (Å²) < 4.78 is 0. The van der Waals surface area contributed by atoms with E-state index in [1.807, 2.05) is 36.4 Å². The molecule has 0 fully saturated rings. The number of rotatable bonds is 7. The fourth-order valence-electron chi connectivity index (χ4n) is 14.0. The molecule has 0 unspecified atom stereocenters. The molecule has 0 atom stereocenters. The van der Waals surface area contributed by atoms with Gasteiger partial charge >= 0.3 is 0 Å². The zero-order chi connectivity index (χ0) is 50.0. The van der Waals surface area contributed by atoms with Gasteiger partial charge in [0.1, 0.15) is 0 Å². The molecule has 0 bridgehead atoms. The van der Waals surface area contributed by atoms with Gasteiger partial charge in [-0.05, 0) is 112 Å². The van der Waals surface area contributed by atoms with Crippen molar-refractivity contribution in [3.05, 3.63) is 328 Å². The maximum atomic E-state index is 5.10. The maximum absolute atomic E-state index is 5.10. The second kappa shape index (κ2) is 16.5. The van der Waals surface area contributed by atoms with E-state index in [2.05, 4.69) is 231 Å². The van der Waals surface area contributed by atoms with Gasteiger partial charge in [-0.1, -0.05) is 267 Å². The van der Waals surface area contributed by atoms with Crippen LogP contribution in [0.2, 0.25) is 0 Å². The summed E-state index contributed by atoms with van der Waals surface area (Å²) in [7, 11) is 0. The largest absolute Gasteiger partial charge is 0.208 e. The summed E-state index contributed by atoms with van der Waals surface area (Å²) in [5, 5.41) is 0. The van der Waals surface area contributed by atoms with Crippen LogP contribution in [-0.4, -0.2) is 15.0 Å². The Morgan fingerprint density at radius 3 is 0.855 bits per heavy atom. The molecule has 4 aliphatic rings. The molecule has 1 heterocycles. The Balaban J connectivity index is 0.889. The molecule has 12 aromatic rings. The topological polar surface area (TPSA) is 38.7 Å². The molecule has 3 heteroatoms. The van der Waals surface area contributed by atoms with Crippen LogP contribution in [0.3, 0.4) is 0 Å². The fourth-order valence-corrected chi connectivity index (χ4v) is 14.0. The van der Waals surface area contributed by atoms with Gasteiger partial charge in [0.25, 0.3) is 0 Å². The molecule has 4 aliphatic carbocycles. The zero-order valence-corrected chi connectivity index (χ0v) is 41.5. The first-order valence-corrected chi connectivity index (χ1v) is 26.5. The van der Waals surface area contributed by atoms with E-state index < -0.39 is 10.8 Å². The van der Waals surface area contributed by atoms with E-state index in [4.69, 9.17) is 15.0 Å². The van der Waals surface area contributed by atoms with E-state index >= 15 is 0 Å². The molecule has 0 saturated heterocycles. The molecule has 354 valence electrons. The summed E-state index contributed by atoms with van der Waals surface area (Å²) in [6.45, 7) is 0. The van der Waals surface area contributed by atoms with Crippen LogP contribution in [0.4, 0.5) is 0 Å². The molecule has 0 saturated carbocycles. The van der Waals surface area contributed by atoms with E-state index in [9.17, 15) is 0 Å². The van der Waals surface area contributed by atoms with E-state index in [0.717, 1.165) is 23.1 Å². The maximum Gasteiger partial charge on any atom is 0.164 e. The SMILES string of the molecule is c1ccc(-c2nc(-c3ccccc3)nc(-c3ccc(CC(c4ccc5c(c4)C4(c6ccccc6-c6ccccc64)c4ccccc4-5)c4ccc5c(c4)C4(c6ccccc6-c6ccccc64)c4ccccc4-5)cc3)n2)cc1. The quantitative estimate of drug-likeness (QED) is 0.160. The van der Waals surface area contributed by atoms with Crippen molar-refractivity contribution in [2.45, 2.75) is 23.2 Å². The van der Waals surface area contributed by atoms with Gasteiger partial charge in [0.15, 0.2) is 17.5 Å². The first-order valence-electron chi connectivity index (χ1n) is 26.5. The Labute approximate surface area is 442 Å². The lowest BCUT2D eigenvalue weighted by molar-refractivity contribution is 0.764. The summed E-state index contributed by atoms with van der Waals surface area (Å²) >= 11 is 0. The Bertz CT molecular complexity index is 3950. The highest BCUT2D eigenvalue weighted by atomic mass is 15.0. The minimum Gasteiger partial charge on any atom is -0.208 e. The summed E-state index contributed by atoms with van der Waals surface area (Å²) in [5.41, 5.74) is 27.1. The Morgan fingerprint density at radius 1 is 0.250 bits per heavy atom. The molecule has 1 aromatic heterocycles. The molecule has 0 amide bonds. The van der Waals surface area contributed by atoms with Crippen molar-refractivity contribution >= 4 is 0 Å². The number of benzene rings is 11. The van der Waals surface area contributed by atoms with Crippen LogP contribution in [0, 0.1) is 0 Å². The Morgan fingerprint density at radius 2 is 0.526 bits per heavy atom. The van der Waals surface area contributed by atoms with Crippen LogP contribution in [0.25, 0.3) is 78.7 Å². The van der Waals surface area contributed by atoms with Crippen LogP contribution in [-0.2, 0) is 17.3 Å². The van der Waals surface area contributed by atoms with E-state index in [-0.39, 0.29) is 5.92 Å². The lowest BCUT2D eigenvalue weighted by atomic mass is 9.69. The van der Waals surface area contributed by atoms with Gasteiger partial charge in [-0.2, -0.15) is 0 Å². The Hall–Kier alpha value is -9.57. The van der Waals surface area contributed by atoms with Crippen molar-refractivity contribution in [2.75, 3.05) is 0 Å². The van der Waals surface area contributed by atoms with Gasteiger partial charge in [-0.3, -0.25) is 0 Å². The first kappa shape index (κ1) is 42.9. The van der Waals surface area contributed by atoms with Crippen molar-refractivity contribution in [3.63, 3.8) is 0 Å². The second-order valence-corrected chi connectivity index (χ2v) is 20.9. The highest BCUT2D eigenvalue weighted by Crippen LogP contribution is 2.65. The lowest BCUT2D eigenvalue weighted by Gasteiger charge is -2.32. The van der Waals surface area contributed by atoms with Crippen molar-refractivity contribution in [1.82, 2.24) is 15.0 Å².